The van der Waals surface area contributed by atoms with Crippen molar-refractivity contribution >= 4 is 5.91 Å². The summed E-state index contributed by atoms with van der Waals surface area (Å²) in [7, 11) is 0. The van der Waals surface area contributed by atoms with Crippen LogP contribution in [0.1, 0.15) is 5.76 Å². The molecule has 0 aliphatic rings. The Bertz CT molecular complexity index is 1040. The summed E-state index contributed by atoms with van der Waals surface area (Å²) in [5, 5.41) is 6.74. The van der Waals surface area contributed by atoms with E-state index in [4.69, 9.17) is 13.7 Å². The number of amides is 1. The van der Waals surface area contributed by atoms with E-state index < -0.39 is 0 Å². The number of ether oxygens (including phenoxy) is 1. The van der Waals surface area contributed by atoms with E-state index in [0.717, 1.165) is 5.56 Å². The quantitative estimate of drug-likeness (QED) is 0.530. The lowest BCUT2D eigenvalue weighted by Gasteiger charge is -2.07. The summed E-state index contributed by atoms with van der Waals surface area (Å²) in [6, 6.07) is 20.3. The third kappa shape index (κ3) is 4.27. The van der Waals surface area contributed by atoms with Gasteiger partial charge >= 0.3 is 0 Å². The Morgan fingerprint density at radius 3 is 2.68 bits per heavy atom. The number of rotatable bonds is 7. The average Bonchev–Trinajstić information content (AvgIpc) is 3.44. The van der Waals surface area contributed by atoms with E-state index in [-0.39, 0.29) is 12.5 Å². The predicted molar refractivity (Wildman–Crippen MR) is 101 cm³/mol. The molecule has 0 radical (unpaired) electrons. The van der Waals surface area contributed by atoms with Gasteiger partial charge in [0.1, 0.15) is 11.5 Å². The molecule has 0 aliphatic heterocycles. The molecule has 0 bridgehead atoms. The van der Waals surface area contributed by atoms with Crippen LogP contribution in [-0.4, -0.2) is 22.7 Å². The molecule has 4 aromatic rings. The molecule has 7 heteroatoms. The van der Waals surface area contributed by atoms with E-state index in [0.29, 0.717) is 35.3 Å². The Balaban J connectivity index is 1.38. The second-order valence-corrected chi connectivity index (χ2v) is 5.96. The first-order valence-electron chi connectivity index (χ1n) is 8.69. The zero-order valence-electron chi connectivity index (χ0n) is 14.9. The minimum atomic E-state index is -0.244. The molecule has 0 aliphatic carbocycles. The number of hydrogen-bond donors (Lipinski definition) is 1. The number of hydrogen-bond acceptors (Lipinski definition) is 6. The van der Waals surface area contributed by atoms with Crippen LogP contribution in [0.3, 0.4) is 0 Å². The van der Waals surface area contributed by atoms with Gasteiger partial charge in [-0.05, 0) is 30.3 Å². The monoisotopic (exact) mass is 375 g/mol. The number of nitrogens with one attached hydrogen (secondary N) is 1. The van der Waals surface area contributed by atoms with Crippen molar-refractivity contribution < 1.29 is 18.5 Å². The van der Waals surface area contributed by atoms with Crippen molar-refractivity contribution in [2.75, 3.05) is 6.61 Å². The summed E-state index contributed by atoms with van der Waals surface area (Å²) >= 11 is 0. The maximum atomic E-state index is 11.9. The minimum Gasteiger partial charge on any atom is -0.484 e. The maximum Gasteiger partial charge on any atom is 0.258 e. The van der Waals surface area contributed by atoms with E-state index >= 15 is 0 Å². The molecule has 2 aromatic carbocycles. The van der Waals surface area contributed by atoms with Gasteiger partial charge in [-0.3, -0.25) is 4.79 Å². The summed E-state index contributed by atoms with van der Waals surface area (Å²) in [6.07, 6.45) is 1.56. The van der Waals surface area contributed by atoms with Crippen LogP contribution in [0, 0.1) is 0 Å². The lowest BCUT2D eigenvalue weighted by atomic mass is 10.2. The average molecular weight is 375 g/mol. The van der Waals surface area contributed by atoms with Crippen molar-refractivity contribution in [3.8, 4) is 28.6 Å². The SMILES string of the molecule is O=C(COc1cccc(-c2nc(-c3ccccc3)no2)c1)NCc1ccco1. The van der Waals surface area contributed by atoms with Crippen LogP contribution in [0.4, 0.5) is 0 Å². The molecule has 140 valence electrons. The van der Waals surface area contributed by atoms with Crippen molar-refractivity contribution in [3.63, 3.8) is 0 Å². The highest BCUT2D eigenvalue weighted by molar-refractivity contribution is 5.77. The van der Waals surface area contributed by atoms with Gasteiger partial charge in [-0.1, -0.05) is 41.6 Å². The van der Waals surface area contributed by atoms with E-state index in [2.05, 4.69) is 15.5 Å². The smallest absolute Gasteiger partial charge is 0.258 e. The lowest BCUT2D eigenvalue weighted by Crippen LogP contribution is -2.28. The number of furan rings is 1. The van der Waals surface area contributed by atoms with Gasteiger partial charge in [0.2, 0.25) is 5.82 Å². The van der Waals surface area contributed by atoms with Crippen molar-refractivity contribution in [1.82, 2.24) is 15.5 Å². The van der Waals surface area contributed by atoms with E-state index in [1.165, 1.54) is 0 Å². The molecule has 1 amide bonds. The van der Waals surface area contributed by atoms with Gasteiger partial charge in [-0.15, -0.1) is 0 Å². The van der Waals surface area contributed by atoms with E-state index in [1.807, 2.05) is 36.4 Å². The molecule has 0 unspecified atom stereocenters. The molecule has 7 nitrogen and oxygen atoms in total. The number of carbonyl (C=O) groups excluding carboxylic acids is 1. The van der Waals surface area contributed by atoms with Crippen LogP contribution < -0.4 is 10.1 Å². The topological polar surface area (TPSA) is 90.4 Å². The third-order valence-electron chi connectivity index (χ3n) is 3.95. The first-order valence-corrected chi connectivity index (χ1v) is 8.69. The molecule has 1 N–H and O–H groups in total. The summed E-state index contributed by atoms with van der Waals surface area (Å²) in [5.41, 5.74) is 1.58. The predicted octanol–water partition coefficient (Wildman–Crippen LogP) is 3.69. The molecule has 28 heavy (non-hydrogen) atoms. The van der Waals surface area contributed by atoms with Gasteiger partial charge in [0.05, 0.1) is 12.8 Å². The van der Waals surface area contributed by atoms with Gasteiger partial charge in [-0.2, -0.15) is 4.98 Å². The second-order valence-electron chi connectivity index (χ2n) is 5.96. The van der Waals surface area contributed by atoms with Crippen LogP contribution in [0.5, 0.6) is 5.75 Å². The van der Waals surface area contributed by atoms with Crippen molar-refractivity contribution in [3.05, 3.63) is 78.8 Å². The standard InChI is InChI=1S/C21H17N3O4/c25-19(22-13-18-10-5-11-26-18)14-27-17-9-4-8-16(12-17)21-23-20(24-28-21)15-6-2-1-3-7-15/h1-12H,13-14H2,(H,22,25). The Kier molecular flexibility index (Phi) is 5.15. The van der Waals surface area contributed by atoms with Crippen molar-refractivity contribution in [2.45, 2.75) is 6.54 Å². The maximum absolute atomic E-state index is 11.9. The molecule has 0 fully saturated rings. The van der Waals surface area contributed by atoms with Crippen molar-refractivity contribution in [1.29, 1.82) is 0 Å². The van der Waals surface area contributed by atoms with E-state index in [9.17, 15) is 4.79 Å². The molecule has 0 spiro atoms. The molecule has 0 saturated heterocycles. The Hall–Kier alpha value is -3.87. The number of benzene rings is 2. The fourth-order valence-electron chi connectivity index (χ4n) is 2.56. The van der Waals surface area contributed by atoms with E-state index in [1.54, 1.807) is 36.6 Å². The second kappa shape index (κ2) is 8.22. The molecule has 4 rings (SSSR count). The van der Waals surface area contributed by atoms with Crippen molar-refractivity contribution in [2.24, 2.45) is 0 Å². The highest BCUT2D eigenvalue weighted by atomic mass is 16.5. The summed E-state index contributed by atoms with van der Waals surface area (Å²) in [6.45, 7) is 0.211. The first-order chi connectivity index (χ1) is 13.8. The van der Waals surface area contributed by atoms with Gasteiger partial charge < -0.3 is 19.0 Å². The molecular weight excluding hydrogens is 358 g/mol. The zero-order chi connectivity index (χ0) is 19.2. The van der Waals surface area contributed by atoms with Crippen LogP contribution in [0.2, 0.25) is 0 Å². The largest absolute Gasteiger partial charge is 0.484 e. The number of nitrogens with zero attached hydrogens (tertiary/aromatic N) is 2. The Morgan fingerprint density at radius 1 is 1.00 bits per heavy atom. The summed E-state index contributed by atoms with van der Waals surface area (Å²) in [4.78, 5) is 16.3. The highest BCUT2D eigenvalue weighted by Crippen LogP contribution is 2.25. The molecule has 2 heterocycles. The summed E-state index contributed by atoms with van der Waals surface area (Å²) in [5.74, 6) is 1.86. The number of aromatic nitrogens is 2. The van der Waals surface area contributed by atoms with Crippen LogP contribution in [0.25, 0.3) is 22.8 Å². The number of carbonyl (C=O) groups is 1. The Labute approximate surface area is 161 Å². The first kappa shape index (κ1) is 17.5. The zero-order valence-corrected chi connectivity index (χ0v) is 14.9. The fourth-order valence-corrected chi connectivity index (χ4v) is 2.56. The van der Waals surface area contributed by atoms with Crippen LogP contribution in [-0.2, 0) is 11.3 Å². The Morgan fingerprint density at radius 2 is 1.86 bits per heavy atom. The molecule has 0 saturated carbocycles. The highest BCUT2D eigenvalue weighted by Gasteiger charge is 2.11. The van der Waals surface area contributed by atoms with Crippen LogP contribution in [0.15, 0.2) is 81.9 Å². The fraction of sp³-hybridized carbons (Fsp3) is 0.0952. The molecule has 2 aromatic heterocycles. The lowest BCUT2D eigenvalue weighted by molar-refractivity contribution is -0.123. The summed E-state index contributed by atoms with van der Waals surface area (Å²) < 4.78 is 16.1. The van der Waals surface area contributed by atoms with Gasteiger partial charge in [0, 0.05) is 11.1 Å². The third-order valence-corrected chi connectivity index (χ3v) is 3.95. The van der Waals surface area contributed by atoms with Crippen LogP contribution >= 0.6 is 0 Å². The minimum absolute atomic E-state index is 0.108. The molecule has 0 atom stereocenters. The van der Waals surface area contributed by atoms with Gasteiger partial charge in [0.25, 0.3) is 11.8 Å². The molecular formula is C21H17N3O4. The van der Waals surface area contributed by atoms with Gasteiger partial charge in [-0.25, -0.2) is 0 Å². The van der Waals surface area contributed by atoms with Gasteiger partial charge in [0.15, 0.2) is 6.61 Å². The normalized spacial score (nSPS) is 10.6.